The summed E-state index contributed by atoms with van der Waals surface area (Å²) < 4.78 is 48.9. The first kappa shape index (κ1) is 17.6. The molecule has 0 spiro atoms. The van der Waals surface area contributed by atoms with E-state index in [4.69, 9.17) is 9.47 Å². The van der Waals surface area contributed by atoms with E-state index in [1.807, 2.05) is 0 Å². The Morgan fingerprint density at radius 3 is 2.04 bits per heavy atom. The molecule has 1 aliphatic rings. The third-order valence-corrected chi connectivity index (χ3v) is 4.10. The van der Waals surface area contributed by atoms with Crippen LogP contribution < -0.4 is 14.8 Å². The van der Waals surface area contributed by atoms with Crippen LogP contribution in [0, 0.1) is 0 Å². The fourth-order valence-corrected chi connectivity index (χ4v) is 2.72. The van der Waals surface area contributed by atoms with Crippen molar-refractivity contribution in [1.29, 1.82) is 0 Å². The fourth-order valence-electron chi connectivity index (χ4n) is 2.72. The second kappa shape index (κ2) is 7.78. The van der Waals surface area contributed by atoms with Crippen molar-refractivity contribution < 1.29 is 22.6 Å². The summed E-state index contributed by atoms with van der Waals surface area (Å²) in [6.07, 6.45) is -0.784. The molecule has 0 amide bonds. The van der Waals surface area contributed by atoms with Gasteiger partial charge in [-0.25, -0.2) is 0 Å². The van der Waals surface area contributed by atoms with Crippen LogP contribution in [0.25, 0.3) is 0 Å². The number of ether oxygens (including phenoxy) is 2. The Balaban J connectivity index is 1.53. The molecule has 3 rings (SSSR count). The second-order valence-electron chi connectivity index (χ2n) is 6.05. The second-order valence-corrected chi connectivity index (χ2v) is 6.05. The maximum atomic E-state index is 12.5. The zero-order chi connectivity index (χ0) is 17.7. The third kappa shape index (κ3) is 5.13. The van der Waals surface area contributed by atoms with Gasteiger partial charge in [0, 0.05) is 6.04 Å². The highest BCUT2D eigenvalue weighted by molar-refractivity contribution is 5.36. The predicted octanol–water partition coefficient (Wildman–Crippen LogP) is 5.02. The monoisotopic (exact) mass is 351 g/mol. The predicted molar refractivity (Wildman–Crippen MR) is 89.1 cm³/mol. The van der Waals surface area contributed by atoms with Crippen LogP contribution in [0.2, 0.25) is 0 Å². The molecule has 3 nitrogen and oxygen atoms in total. The summed E-state index contributed by atoms with van der Waals surface area (Å²) in [5.41, 5.74) is -0.695. The van der Waals surface area contributed by atoms with Crippen molar-refractivity contribution in [2.75, 3.05) is 13.2 Å². The van der Waals surface area contributed by atoms with Crippen molar-refractivity contribution in [2.45, 2.75) is 31.5 Å². The minimum Gasteiger partial charge on any atom is -0.492 e. The Bertz CT molecular complexity index is 663. The summed E-state index contributed by atoms with van der Waals surface area (Å²) in [5.74, 6) is 1.64. The van der Waals surface area contributed by atoms with Gasteiger partial charge >= 0.3 is 6.18 Å². The van der Waals surface area contributed by atoms with Gasteiger partial charge in [0.25, 0.3) is 0 Å². The average molecular weight is 351 g/mol. The third-order valence-electron chi connectivity index (χ3n) is 4.10. The highest BCUT2D eigenvalue weighted by Gasteiger charge is 2.30. The van der Waals surface area contributed by atoms with Gasteiger partial charge in [-0.2, -0.15) is 13.2 Å². The molecule has 2 aromatic rings. The van der Waals surface area contributed by atoms with Crippen molar-refractivity contribution in [1.82, 2.24) is 5.32 Å². The SMILES string of the molecule is FC(F)(F)c1ccc(Oc2ccc(OC[C@H]3CCCCN3)cc2)cc1. The molecular weight excluding hydrogens is 331 g/mol. The van der Waals surface area contributed by atoms with Crippen LogP contribution >= 0.6 is 0 Å². The van der Waals surface area contributed by atoms with Gasteiger partial charge in [0.2, 0.25) is 0 Å². The van der Waals surface area contributed by atoms with Crippen LogP contribution in [0.15, 0.2) is 48.5 Å². The molecule has 1 N–H and O–H groups in total. The van der Waals surface area contributed by atoms with Crippen LogP contribution in [0.4, 0.5) is 13.2 Å². The van der Waals surface area contributed by atoms with E-state index in [-0.39, 0.29) is 0 Å². The van der Waals surface area contributed by atoms with Crippen molar-refractivity contribution in [3.05, 3.63) is 54.1 Å². The molecule has 134 valence electrons. The molecule has 0 aliphatic carbocycles. The van der Waals surface area contributed by atoms with E-state index in [9.17, 15) is 13.2 Å². The smallest absolute Gasteiger partial charge is 0.416 e. The Morgan fingerprint density at radius 1 is 0.880 bits per heavy atom. The number of benzene rings is 2. The van der Waals surface area contributed by atoms with Crippen LogP contribution in [0.1, 0.15) is 24.8 Å². The van der Waals surface area contributed by atoms with E-state index < -0.39 is 11.7 Å². The summed E-state index contributed by atoms with van der Waals surface area (Å²) in [4.78, 5) is 0. The standard InChI is InChI=1S/C19H20F3NO2/c20-19(21,22)14-4-6-17(7-5-14)25-18-10-8-16(9-11-18)24-13-15-3-1-2-12-23-15/h4-11,15,23H,1-3,12-13H2/t15-/m1/s1. The largest absolute Gasteiger partial charge is 0.492 e. The molecule has 1 fully saturated rings. The molecule has 25 heavy (non-hydrogen) atoms. The quantitative estimate of drug-likeness (QED) is 0.821. The first-order valence-electron chi connectivity index (χ1n) is 8.32. The van der Waals surface area contributed by atoms with Gasteiger partial charge in [-0.3, -0.25) is 0 Å². The normalized spacial score (nSPS) is 18.0. The molecule has 2 aromatic carbocycles. The van der Waals surface area contributed by atoms with Gasteiger partial charge in [-0.15, -0.1) is 0 Å². The van der Waals surface area contributed by atoms with Crippen LogP contribution in [0.5, 0.6) is 17.2 Å². The number of alkyl halides is 3. The van der Waals surface area contributed by atoms with Crippen LogP contribution in [-0.2, 0) is 6.18 Å². The summed E-state index contributed by atoms with van der Waals surface area (Å²) in [6.45, 7) is 1.66. The molecule has 0 aromatic heterocycles. The lowest BCUT2D eigenvalue weighted by molar-refractivity contribution is -0.137. The van der Waals surface area contributed by atoms with E-state index in [1.165, 1.54) is 25.0 Å². The van der Waals surface area contributed by atoms with Gasteiger partial charge in [0.05, 0.1) is 5.56 Å². The molecule has 6 heteroatoms. The van der Waals surface area contributed by atoms with Crippen molar-refractivity contribution in [3.8, 4) is 17.2 Å². The lowest BCUT2D eigenvalue weighted by Gasteiger charge is -2.23. The Morgan fingerprint density at radius 2 is 1.48 bits per heavy atom. The van der Waals surface area contributed by atoms with Gasteiger partial charge in [-0.05, 0) is 67.9 Å². The highest BCUT2D eigenvalue weighted by atomic mass is 19.4. The molecule has 1 heterocycles. The lowest BCUT2D eigenvalue weighted by Crippen LogP contribution is -2.38. The number of hydrogen-bond donors (Lipinski definition) is 1. The molecular formula is C19H20F3NO2. The first-order valence-corrected chi connectivity index (χ1v) is 8.32. The molecule has 0 radical (unpaired) electrons. The lowest BCUT2D eigenvalue weighted by atomic mass is 10.1. The van der Waals surface area contributed by atoms with Gasteiger partial charge in [0.1, 0.15) is 23.9 Å². The van der Waals surface area contributed by atoms with Crippen molar-refractivity contribution in [3.63, 3.8) is 0 Å². The highest BCUT2D eigenvalue weighted by Crippen LogP contribution is 2.31. The minimum absolute atomic E-state index is 0.355. The first-order chi connectivity index (χ1) is 12.0. The number of halogens is 3. The molecule has 1 atom stereocenters. The summed E-state index contributed by atoms with van der Waals surface area (Å²) in [7, 11) is 0. The number of piperidine rings is 1. The van der Waals surface area contributed by atoms with E-state index >= 15 is 0 Å². The van der Waals surface area contributed by atoms with Crippen molar-refractivity contribution in [2.24, 2.45) is 0 Å². The van der Waals surface area contributed by atoms with Gasteiger partial charge in [0.15, 0.2) is 0 Å². The van der Waals surface area contributed by atoms with Crippen molar-refractivity contribution >= 4 is 0 Å². The topological polar surface area (TPSA) is 30.5 Å². The van der Waals surface area contributed by atoms with Crippen LogP contribution in [-0.4, -0.2) is 19.2 Å². The number of rotatable bonds is 5. The van der Waals surface area contributed by atoms with Crippen LogP contribution in [0.3, 0.4) is 0 Å². The van der Waals surface area contributed by atoms with E-state index in [2.05, 4.69) is 5.32 Å². The Labute approximate surface area is 144 Å². The maximum absolute atomic E-state index is 12.5. The number of nitrogens with one attached hydrogen (secondary N) is 1. The fraction of sp³-hybridized carbons (Fsp3) is 0.368. The molecule has 0 unspecified atom stereocenters. The molecule has 1 saturated heterocycles. The van der Waals surface area contributed by atoms with E-state index in [1.54, 1.807) is 24.3 Å². The Hall–Kier alpha value is -2.21. The zero-order valence-electron chi connectivity index (χ0n) is 13.7. The summed E-state index contributed by atoms with van der Waals surface area (Å²) >= 11 is 0. The summed E-state index contributed by atoms with van der Waals surface area (Å²) in [5, 5.41) is 3.42. The molecule has 1 aliphatic heterocycles. The van der Waals surface area contributed by atoms with Gasteiger partial charge < -0.3 is 14.8 Å². The minimum atomic E-state index is -4.34. The van der Waals surface area contributed by atoms with Gasteiger partial charge in [-0.1, -0.05) is 6.42 Å². The Kier molecular flexibility index (Phi) is 5.48. The zero-order valence-corrected chi connectivity index (χ0v) is 13.7. The maximum Gasteiger partial charge on any atom is 0.416 e. The molecule has 0 saturated carbocycles. The van der Waals surface area contributed by atoms with E-state index in [0.29, 0.717) is 24.1 Å². The summed E-state index contributed by atoms with van der Waals surface area (Å²) in [6, 6.07) is 12.1. The van der Waals surface area contributed by atoms with E-state index in [0.717, 1.165) is 30.8 Å². The molecule has 0 bridgehead atoms. The average Bonchev–Trinajstić information content (AvgIpc) is 2.62. The number of hydrogen-bond acceptors (Lipinski definition) is 3.